The number of nitrogens with zero attached hydrogens (tertiary/aromatic N) is 1. The Kier molecular flexibility index (Phi) is 2.73. The minimum atomic E-state index is 0.310. The van der Waals surface area contributed by atoms with Crippen molar-refractivity contribution < 1.29 is 0 Å². The first-order valence-corrected chi connectivity index (χ1v) is 4.46. The van der Waals surface area contributed by atoms with Gasteiger partial charge in [-0.25, -0.2) is 4.98 Å². The Labute approximate surface area is 78.8 Å². The Hall–Kier alpha value is -0.560. The Balaban J connectivity index is 2.77. The van der Waals surface area contributed by atoms with Crippen LogP contribution in [0.1, 0.15) is 26.3 Å². The van der Waals surface area contributed by atoms with Crippen LogP contribution >= 0.6 is 11.6 Å². The van der Waals surface area contributed by atoms with E-state index in [1.807, 2.05) is 12.1 Å². The van der Waals surface area contributed by atoms with Gasteiger partial charge in [-0.3, -0.25) is 0 Å². The van der Waals surface area contributed by atoms with Gasteiger partial charge in [0.25, 0.3) is 0 Å². The van der Waals surface area contributed by atoms with Crippen molar-refractivity contribution in [1.29, 1.82) is 0 Å². The van der Waals surface area contributed by atoms with Crippen molar-refractivity contribution in [1.82, 2.24) is 4.98 Å². The second kappa shape index (κ2) is 3.44. The lowest BCUT2D eigenvalue weighted by Gasteiger charge is -2.17. The molecule has 1 aromatic rings. The first-order chi connectivity index (χ1) is 5.47. The van der Waals surface area contributed by atoms with E-state index < -0.39 is 0 Å². The van der Waals surface area contributed by atoms with Crippen molar-refractivity contribution in [2.75, 3.05) is 0 Å². The molecule has 0 radical (unpaired) electrons. The number of hydrogen-bond donors (Lipinski definition) is 0. The van der Waals surface area contributed by atoms with E-state index in [2.05, 4.69) is 25.8 Å². The zero-order chi connectivity index (χ0) is 9.19. The van der Waals surface area contributed by atoms with Gasteiger partial charge in [0.1, 0.15) is 5.15 Å². The molecule has 0 N–H and O–H groups in total. The molecule has 1 aromatic heterocycles. The minimum Gasteiger partial charge on any atom is -0.245 e. The Morgan fingerprint density at radius 1 is 1.42 bits per heavy atom. The molecule has 0 saturated heterocycles. The molecule has 0 amide bonds. The molecule has 0 aliphatic rings. The molecule has 0 saturated carbocycles. The minimum absolute atomic E-state index is 0.310. The summed E-state index contributed by atoms with van der Waals surface area (Å²) in [5.41, 5.74) is 1.56. The van der Waals surface area contributed by atoms with Crippen LogP contribution in [0, 0.1) is 5.41 Å². The maximum absolute atomic E-state index is 5.76. The molecule has 2 heteroatoms. The van der Waals surface area contributed by atoms with Crippen LogP contribution in [0.3, 0.4) is 0 Å². The van der Waals surface area contributed by atoms with E-state index in [9.17, 15) is 0 Å². The van der Waals surface area contributed by atoms with Gasteiger partial charge in [-0.05, 0) is 29.5 Å². The van der Waals surface area contributed by atoms with Gasteiger partial charge in [0.15, 0.2) is 0 Å². The average Bonchev–Trinajstić information content (AvgIpc) is 1.82. The van der Waals surface area contributed by atoms with Crippen LogP contribution in [0.5, 0.6) is 0 Å². The predicted octanol–water partition coefficient (Wildman–Crippen LogP) is 3.32. The molecule has 0 spiro atoms. The first kappa shape index (κ1) is 9.53. The SMILES string of the molecule is CC(C)(C)Cc1ccnc(Cl)c1. The summed E-state index contributed by atoms with van der Waals surface area (Å²) in [7, 11) is 0. The highest BCUT2D eigenvalue weighted by atomic mass is 35.5. The van der Waals surface area contributed by atoms with Gasteiger partial charge in [0.2, 0.25) is 0 Å². The van der Waals surface area contributed by atoms with E-state index in [-0.39, 0.29) is 0 Å². The topological polar surface area (TPSA) is 12.9 Å². The van der Waals surface area contributed by atoms with Crippen molar-refractivity contribution in [2.24, 2.45) is 5.41 Å². The third-order valence-corrected chi connectivity index (χ3v) is 1.73. The monoisotopic (exact) mass is 183 g/mol. The molecule has 66 valence electrons. The highest BCUT2D eigenvalue weighted by Crippen LogP contribution is 2.21. The molecule has 12 heavy (non-hydrogen) atoms. The van der Waals surface area contributed by atoms with Gasteiger partial charge in [0.05, 0.1) is 0 Å². The molecule has 0 unspecified atom stereocenters. The normalized spacial score (nSPS) is 11.7. The highest BCUT2D eigenvalue weighted by Gasteiger charge is 2.10. The highest BCUT2D eigenvalue weighted by molar-refractivity contribution is 6.29. The van der Waals surface area contributed by atoms with Crippen LogP contribution in [0.2, 0.25) is 5.15 Å². The molecule has 0 atom stereocenters. The summed E-state index contributed by atoms with van der Waals surface area (Å²) in [6, 6.07) is 3.93. The lowest BCUT2D eigenvalue weighted by atomic mass is 9.89. The van der Waals surface area contributed by atoms with Crippen molar-refractivity contribution in [3.8, 4) is 0 Å². The van der Waals surface area contributed by atoms with Crippen LogP contribution in [0.4, 0.5) is 0 Å². The van der Waals surface area contributed by atoms with Gasteiger partial charge >= 0.3 is 0 Å². The molecule has 1 nitrogen and oxygen atoms in total. The van der Waals surface area contributed by atoms with Gasteiger partial charge < -0.3 is 0 Å². The van der Waals surface area contributed by atoms with Crippen molar-refractivity contribution >= 4 is 11.6 Å². The van der Waals surface area contributed by atoms with E-state index in [4.69, 9.17) is 11.6 Å². The Morgan fingerprint density at radius 2 is 2.08 bits per heavy atom. The van der Waals surface area contributed by atoms with Crippen LogP contribution in [-0.4, -0.2) is 4.98 Å². The van der Waals surface area contributed by atoms with Crippen molar-refractivity contribution in [3.63, 3.8) is 0 Å². The number of aromatic nitrogens is 1. The summed E-state index contributed by atoms with van der Waals surface area (Å²) < 4.78 is 0. The zero-order valence-corrected chi connectivity index (χ0v) is 8.52. The van der Waals surface area contributed by atoms with Gasteiger partial charge in [-0.15, -0.1) is 0 Å². The number of halogens is 1. The third-order valence-electron chi connectivity index (χ3n) is 1.53. The molecule has 1 rings (SSSR count). The van der Waals surface area contributed by atoms with Crippen molar-refractivity contribution in [3.05, 3.63) is 29.0 Å². The molecule has 0 fully saturated rings. The van der Waals surface area contributed by atoms with Crippen LogP contribution < -0.4 is 0 Å². The van der Waals surface area contributed by atoms with Crippen LogP contribution in [0.15, 0.2) is 18.3 Å². The quantitative estimate of drug-likeness (QED) is 0.609. The van der Waals surface area contributed by atoms with Gasteiger partial charge in [0, 0.05) is 6.20 Å². The van der Waals surface area contributed by atoms with E-state index in [1.165, 1.54) is 5.56 Å². The summed E-state index contributed by atoms with van der Waals surface area (Å²) in [6.45, 7) is 6.63. The average molecular weight is 184 g/mol. The lowest BCUT2D eigenvalue weighted by Crippen LogP contribution is -2.08. The molecule has 0 aromatic carbocycles. The molecule has 0 bridgehead atoms. The molecule has 0 aliphatic heterocycles. The summed E-state index contributed by atoms with van der Waals surface area (Å²) in [5.74, 6) is 0. The zero-order valence-electron chi connectivity index (χ0n) is 7.76. The fourth-order valence-corrected chi connectivity index (χ4v) is 1.36. The van der Waals surface area contributed by atoms with Crippen LogP contribution in [0.25, 0.3) is 0 Å². The number of pyridine rings is 1. The number of hydrogen-bond acceptors (Lipinski definition) is 1. The molecular formula is C10H14ClN. The maximum atomic E-state index is 5.76. The van der Waals surface area contributed by atoms with Crippen LogP contribution in [-0.2, 0) is 6.42 Å². The predicted molar refractivity (Wildman–Crippen MR) is 52.4 cm³/mol. The molecule has 1 heterocycles. The Bertz CT molecular complexity index is 263. The summed E-state index contributed by atoms with van der Waals surface area (Å²) in [6.07, 6.45) is 2.79. The van der Waals surface area contributed by atoms with E-state index in [0.717, 1.165) is 6.42 Å². The smallest absolute Gasteiger partial charge is 0.129 e. The third kappa shape index (κ3) is 3.22. The van der Waals surface area contributed by atoms with E-state index >= 15 is 0 Å². The van der Waals surface area contributed by atoms with Crippen molar-refractivity contribution in [2.45, 2.75) is 27.2 Å². The van der Waals surface area contributed by atoms with Gasteiger partial charge in [-0.1, -0.05) is 32.4 Å². The summed E-state index contributed by atoms with van der Waals surface area (Å²) >= 11 is 5.76. The summed E-state index contributed by atoms with van der Waals surface area (Å²) in [5, 5.41) is 0.580. The number of rotatable bonds is 1. The second-order valence-corrected chi connectivity index (χ2v) is 4.61. The van der Waals surface area contributed by atoms with Gasteiger partial charge in [-0.2, -0.15) is 0 Å². The summed E-state index contributed by atoms with van der Waals surface area (Å²) in [4.78, 5) is 3.94. The van der Waals surface area contributed by atoms with E-state index in [0.29, 0.717) is 10.6 Å². The molecular weight excluding hydrogens is 170 g/mol. The first-order valence-electron chi connectivity index (χ1n) is 4.08. The largest absolute Gasteiger partial charge is 0.245 e. The Morgan fingerprint density at radius 3 is 2.58 bits per heavy atom. The second-order valence-electron chi connectivity index (χ2n) is 4.22. The van der Waals surface area contributed by atoms with E-state index in [1.54, 1.807) is 6.20 Å². The fourth-order valence-electron chi connectivity index (χ4n) is 1.16. The fraction of sp³-hybridized carbons (Fsp3) is 0.500. The maximum Gasteiger partial charge on any atom is 0.129 e. The standard InChI is InChI=1S/C10H14ClN/c1-10(2,3)7-8-4-5-12-9(11)6-8/h4-6H,7H2,1-3H3. The molecule has 0 aliphatic carbocycles. The lowest BCUT2D eigenvalue weighted by molar-refractivity contribution is 0.411.